The van der Waals surface area contributed by atoms with Gasteiger partial charge in [0, 0.05) is 4.47 Å². The van der Waals surface area contributed by atoms with E-state index in [4.69, 9.17) is 9.47 Å². The van der Waals surface area contributed by atoms with Gasteiger partial charge < -0.3 is 9.47 Å². The molecule has 186 valence electrons. The first kappa shape index (κ1) is 26.0. The summed E-state index contributed by atoms with van der Waals surface area (Å²) in [6.07, 6.45) is 1.74. The van der Waals surface area contributed by atoms with Crippen LogP contribution in [-0.2, 0) is 16.8 Å². The first-order chi connectivity index (χ1) is 17.2. The number of ether oxygens (including phenoxy) is 2. The highest BCUT2D eigenvalue weighted by Gasteiger charge is 2.34. The molecule has 3 aromatic rings. The molecule has 0 N–H and O–H groups in total. The van der Waals surface area contributed by atoms with E-state index in [0.29, 0.717) is 23.9 Å². The Morgan fingerprint density at radius 1 is 0.833 bits per heavy atom. The predicted octanol–water partition coefficient (Wildman–Crippen LogP) is 7.44. The van der Waals surface area contributed by atoms with Crippen molar-refractivity contribution >= 4 is 44.9 Å². The van der Waals surface area contributed by atoms with E-state index in [1.165, 1.54) is 10.5 Å². The van der Waals surface area contributed by atoms with Crippen LogP contribution in [0.2, 0.25) is 0 Å². The van der Waals surface area contributed by atoms with Crippen molar-refractivity contribution in [2.24, 2.45) is 0 Å². The predicted molar refractivity (Wildman–Crippen MR) is 148 cm³/mol. The van der Waals surface area contributed by atoms with Gasteiger partial charge in [0.05, 0.1) is 11.4 Å². The number of benzene rings is 3. The molecular formula is C29H28BrNO4S. The third kappa shape index (κ3) is 6.80. The fourth-order valence-electron chi connectivity index (χ4n) is 3.59. The lowest BCUT2D eigenvalue weighted by atomic mass is 9.87. The molecule has 1 heterocycles. The lowest BCUT2D eigenvalue weighted by Gasteiger charge is -2.19. The van der Waals surface area contributed by atoms with E-state index < -0.39 is 0 Å². The molecule has 0 unspecified atom stereocenters. The zero-order chi connectivity index (χ0) is 25.7. The summed E-state index contributed by atoms with van der Waals surface area (Å²) >= 11 is 4.35. The number of hydrogen-bond acceptors (Lipinski definition) is 5. The normalized spacial score (nSPS) is 15.0. The number of rotatable bonds is 8. The maximum atomic E-state index is 12.8. The summed E-state index contributed by atoms with van der Waals surface area (Å²) in [6, 6.07) is 23.1. The molecule has 1 fully saturated rings. The fourth-order valence-corrected chi connectivity index (χ4v) is 4.69. The van der Waals surface area contributed by atoms with Gasteiger partial charge >= 0.3 is 0 Å². The van der Waals surface area contributed by atoms with Crippen LogP contribution in [0.25, 0.3) is 6.08 Å². The van der Waals surface area contributed by atoms with Crippen LogP contribution in [0.5, 0.6) is 11.5 Å². The Hall–Kier alpha value is -3.03. The van der Waals surface area contributed by atoms with Crippen molar-refractivity contribution in [1.29, 1.82) is 0 Å². The van der Waals surface area contributed by atoms with Crippen LogP contribution in [0.1, 0.15) is 37.5 Å². The Morgan fingerprint density at radius 2 is 1.39 bits per heavy atom. The molecule has 0 aliphatic carbocycles. The van der Waals surface area contributed by atoms with Crippen LogP contribution in [0.15, 0.2) is 82.2 Å². The van der Waals surface area contributed by atoms with Gasteiger partial charge in [0.1, 0.15) is 24.7 Å². The Kier molecular flexibility index (Phi) is 8.21. The van der Waals surface area contributed by atoms with Crippen molar-refractivity contribution in [3.8, 4) is 11.5 Å². The van der Waals surface area contributed by atoms with Crippen LogP contribution < -0.4 is 9.47 Å². The molecule has 2 amide bonds. The lowest BCUT2D eigenvalue weighted by molar-refractivity contribution is -0.123. The van der Waals surface area contributed by atoms with Gasteiger partial charge in [0.25, 0.3) is 11.1 Å². The minimum Gasteiger partial charge on any atom is -0.490 e. The zero-order valence-electron chi connectivity index (χ0n) is 20.5. The monoisotopic (exact) mass is 565 g/mol. The third-order valence-corrected chi connectivity index (χ3v) is 7.08. The molecule has 0 bridgehead atoms. The molecule has 0 spiro atoms. The third-order valence-electron chi connectivity index (χ3n) is 5.65. The van der Waals surface area contributed by atoms with E-state index in [9.17, 15) is 9.59 Å². The molecule has 0 aromatic heterocycles. The largest absolute Gasteiger partial charge is 0.490 e. The van der Waals surface area contributed by atoms with Crippen LogP contribution in [0.3, 0.4) is 0 Å². The van der Waals surface area contributed by atoms with Gasteiger partial charge in [0.2, 0.25) is 0 Å². The quantitative estimate of drug-likeness (QED) is 0.210. The van der Waals surface area contributed by atoms with Crippen molar-refractivity contribution in [2.45, 2.75) is 32.7 Å². The highest BCUT2D eigenvalue weighted by Crippen LogP contribution is 2.33. The van der Waals surface area contributed by atoms with Crippen molar-refractivity contribution in [3.05, 3.63) is 98.9 Å². The number of carbonyl (C=O) groups is 2. The summed E-state index contributed by atoms with van der Waals surface area (Å²) in [5, 5.41) is -0.262. The fraction of sp³-hybridized carbons (Fsp3) is 0.241. The molecule has 36 heavy (non-hydrogen) atoms. The van der Waals surface area contributed by atoms with E-state index in [0.717, 1.165) is 33.1 Å². The van der Waals surface area contributed by atoms with E-state index in [2.05, 4.69) is 48.8 Å². The first-order valence-electron chi connectivity index (χ1n) is 11.6. The van der Waals surface area contributed by atoms with Crippen LogP contribution in [0, 0.1) is 0 Å². The molecule has 3 aromatic carbocycles. The number of imide groups is 1. The van der Waals surface area contributed by atoms with Crippen molar-refractivity contribution < 1.29 is 19.1 Å². The number of carbonyl (C=O) groups excluding carboxylic acids is 2. The van der Waals surface area contributed by atoms with Crippen LogP contribution in [-0.4, -0.2) is 29.3 Å². The summed E-state index contributed by atoms with van der Waals surface area (Å²) in [5.74, 6) is 1.25. The second kappa shape index (κ2) is 11.4. The lowest BCUT2D eigenvalue weighted by Crippen LogP contribution is -2.27. The van der Waals surface area contributed by atoms with Crippen molar-refractivity contribution in [2.75, 3.05) is 13.2 Å². The SMILES string of the molecule is CC(C)(C)c1ccc(OCCOc2ccc(/C=C3\SC(=O)N(Cc4ccc(Br)cc4)C3=O)cc2)cc1. The van der Waals surface area contributed by atoms with Gasteiger partial charge in [-0.2, -0.15) is 0 Å². The van der Waals surface area contributed by atoms with Crippen molar-refractivity contribution in [3.63, 3.8) is 0 Å². The molecule has 1 aliphatic rings. The van der Waals surface area contributed by atoms with E-state index in [-0.39, 0.29) is 23.1 Å². The molecule has 4 rings (SSSR count). The number of hydrogen-bond donors (Lipinski definition) is 0. The zero-order valence-corrected chi connectivity index (χ0v) is 22.9. The Balaban J connectivity index is 1.27. The Bertz CT molecular complexity index is 1250. The number of halogens is 1. The van der Waals surface area contributed by atoms with Gasteiger partial charge in [-0.25, -0.2) is 0 Å². The van der Waals surface area contributed by atoms with Gasteiger partial charge in [-0.3, -0.25) is 14.5 Å². The summed E-state index contributed by atoms with van der Waals surface area (Å²) in [5.41, 5.74) is 3.10. The molecule has 7 heteroatoms. The van der Waals surface area contributed by atoms with Gasteiger partial charge in [-0.1, -0.05) is 73.1 Å². The van der Waals surface area contributed by atoms with Gasteiger partial charge in [-0.15, -0.1) is 0 Å². The summed E-state index contributed by atoms with van der Waals surface area (Å²) in [4.78, 5) is 26.9. The highest BCUT2D eigenvalue weighted by atomic mass is 79.9. The second-order valence-electron chi connectivity index (χ2n) is 9.43. The smallest absolute Gasteiger partial charge is 0.293 e. The number of nitrogens with zero attached hydrogens (tertiary/aromatic N) is 1. The molecule has 0 saturated carbocycles. The Morgan fingerprint density at radius 3 is 1.94 bits per heavy atom. The highest BCUT2D eigenvalue weighted by molar-refractivity contribution is 9.10. The van der Waals surface area contributed by atoms with Crippen molar-refractivity contribution in [1.82, 2.24) is 4.90 Å². The molecule has 0 atom stereocenters. The number of thioether (sulfide) groups is 1. The van der Waals surface area contributed by atoms with E-state index in [1.807, 2.05) is 60.7 Å². The molecule has 5 nitrogen and oxygen atoms in total. The minimum absolute atomic E-state index is 0.113. The topological polar surface area (TPSA) is 55.8 Å². The standard InChI is InChI=1S/C29H28BrNO4S/c1-29(2,3)22-8-14-25(15-9-22)35-17-16-34-24-12-6-20(7-13-24)18-26-27(32)31(28(33)36-26)19-21-4-10-23(30)11-5-21/h4-15,18H,16-17,19H2,1-3H3/b26-18-. The van der Waals surface area contributed by atoms with Crippen LogP contribution >= 0.6 is 27.7 Å². The maximum absolute atomic E-state index is 12.8. The second-order valence-corrected chi connectivity index (χ2v) is 11.3. The van der Waals surface area contributed by atoms with Gasteiger partial charge in [0.15, 0.2) is 0 Å². The molecule has 1 aliphatic heterocycles. The summed E-state index contributed by atoms with van der Waals surface area (Å²) < 4.78 is 12.5. The Labute approximate surface area is 224 Å². The van der Waals surface area contributed by atoms with E-state index in [1.54, 1.807) is 6.08 Å². The molecular weight excluding hydrogens is 538 g/mol. The van der Waals surface area contributed by atoms with Crippen LogP contribution in [0.4, 0.5) is 4.79 Å². The first-order valence-corrected chi connectivity index (χ1v) is 13.3. The average molecular weight is 567 g/mol. The number of amides is 2. The maximum Gasteiger partial charge on any atom is 0.293 e. The minimum atomic E-state index is -0.277. The summed E-state index contributed by atoms with van der Waals surface area (Å²) in [7, 11) is 0. The van der Waals surface area contributed by atoms with E-state index >= 15 is 0 Å². The molecule has 1 saturated heterocycles. The molecule has 0 radical (unpaired) electrons. The van der Waals surface area contributed by atoms with Gasteiger partial charge in [-0.05, 0) is 76.3 Å². The summed E-state index contributed by atoms with van der Waals surface area (Å²) in [6.45, 7) is 7.65. The average Bonchev–Trinajstić information content (AvgIpc) is 3.11.